The van der Waals surface area contributed by atoms with Crippen molar-refractivity contribution in [3.8, 4) is 0 Å². The van der Waals surface area contributed by atoms with Gasteiger partial charge in [0.1, 0.15) is 0 Å². The minimum absolute atomic E-state index is 0.744. The van der Waals surface area contributed by atoms with Crippen molar-refractivity contribution >= 4 is 23.2 Å². The van der Waals surface area contributed by atoms with Crippen molar-refractivity contribution in [2.45, 2.75) is 31.7 Å². The van der Waals surface area contributed by atoms with E-state index in [4.69, 9.17) is 23.2 Å². The second kappa shape index (κ2) is 6.44. The third-order valence-electron chi connectivity index (χ3n) is 2.83. The second-order valence-corrected chi connectivity index (χ2v) is 5.27. The molecular weight excluding hydrogens is 253 g/mol. The summed E-state index contributed by atoms with van der Waals surface area (Å²) in [6.07, 6.45) is 8.99. The van der Waals surface area contributed by atoms with E-state index < -0.39 is 0 Å². The van der Waals surface area contributed by atoms with E-state index in [-0.39, 0.29) is 0 Å². The highest BCUT2D eigenvalue weighted by Crippen LogP contribution is 2.21. The predicted octanol–water partition coefficient (Wildman–Crippen LogP) is 4.23. The molecule has 1 aliphatic rings. The molecule has 0 saturated heterocycles. The molecule has 0 unspecified atom stereocenters. The summed E-state index contributed by atoms with van der Waals surface area (Å²) >= 11 is 12.0. The van der Waals surface area contributed by atoms with Crippen LogP contribution in [0.1, 0.15) is 24.8 Å². The predicted molar refractivity (Wildman–Crippen MR) is 74.9 cm³/mol. The largest absolute Gasteiger partial charge is 0.314 e. The minimum Gasteiger partial charge on any atom is -0.314 e. The monoisotopic (exact) mass is 269 g/mol. The number of rotatable bonds is 6. The van der Waals surface area contributed by atoms with Gasteiger partial charge in [0.2, 0.25) is 0 Å². The number of hydrogen-bond acceptors (Lipinski definition) is 1. The van der Waals surface area contributed by atoms with Gasteiger partial charge in [-0.15, -0.1) is 0 Å². The Morgan fingerprint density at radius 2 is 2.06 bits per heavy atom. The van der Waals surface area contributed by atoms with E-state index in [1.54, 1.807) is 0 Å². The molecule has 1 fully saturated rings. The molecule has 0 bridgehead atoms. The molecule has 1 saturated carbocycles. The van der Waals surface area contributed by atoms with Crippen molar-refractivity contribution in [1.29, 1.82) is 0 Å². The molecule has 3 heteroatoms. The first-order chi connectivity index (χ1) is 8.25. The minimum atomic E-state index is 0.744. The van der Waals surface area contributed by atoms with E-state index >= 15 is 0 Å². The van der Waals surface area contributed by atoms with Gasteiger partial charge in [-0.3, -0.25) is 0 Å². The van der Waals surface area contributed by atoms with Crippen LogP contribution in [0.3, 0.4) is 0 Å². The Balaban J connectivity index is 1.72. The van der Waals surface area contributed by atoms with Gasteiger partial charge in [0.15, 0.2) is 0 Å². The van der Waals surface area contributed by atoms with E-state index in [9.17, 15) is 0 Å². The van der Waals surface area contributed by atoms with Gasteiger partial charge in [0.05, 0.1) is 0 Å². The highest BCUT2D eigenvalue weighted by molar-refractivity contribution is 6.33. The van der Waals surface area contributed by atoms with E-state index in [0.29, 0.717) is 0 Å². The molecule has 1 nitrogen and oxygen atoms in total. The van der Waals surface area contributed by atoms with Crippen molar-refractivity contribution < 1.29 is 0 Å². The second-order valence-electron chi connectivity index (χ2n) is 4.43. The van der Waals surface area contributed by atoms with Crippen LogP contribution in [-0.2, 0) is 6.42 Å². The summed E-state index contributed by atoms with van der Waals surface area (Å²) in [7, 11) is 0. The summed E-state index contributed by atoms with van der Waals surface area (Å²) in [4.78, 5) is 0. The highest BCUT2D eigenvalue weighted by Gasteiger charge is 2.19. The Morgan fingerprint density at radius 3 is 2.82 bits per heavy atom. The van der Waals surface area contributed by atoms with Crippen molar-refractivity contribution in [3.63, 3.8) is 0 Å². The van der Waals surface area contributed by atoms with Gasteiger partial charge in [-0.2, -0.15) is 0 Å². The van der Waals surface area contributed by atoms with Crippen LogP contribution >= 0.6 is 23.2 Å². The third kappa shape index (κ3) is 4.71. The Morgan fingerprint density at radius 1 is 1.24 bits per heavy atom. The zero-order valence-electron chi connectivity index (χ0n) is 9.76. The van der Waals surface area contributed by atoms with Gasteiger partial charge >= 0.3 is 0 Å². The Kier molecular flexibility index (Phi) is 4.90. The Labute approximate surface area is 113 Å². The lowest BCUT2D eigenvalue weighted by Gasteiger charge is -2.01. The van der Waals surface area contributed by atoms with Crippen LogP contribution in [0.5, 0.6) is 0 Å². The molecule has 0 radical (unpaired) electrons. The van der Waals surface area contributed by atoms with E-state index in [0.717, 1.165) is 41.0 Å². The number of allylic oxidation sites excluding steroid dienone is 1. The topological polar surface area (TPSA) is 12.0 Å². The fraction of sp³-hybridized carbons (Fsp3) is 0.429. The van der Waals surface area contributed by atoms with Crippen LogP contribution in [-0.4, -0.2) is 12.6 Å². The molecule has 92 valence electrons. The molecule has 0 atom stereocenters. The van der Waals surface area contributed by atoms with Crippen LogP contribution in [0.25, 0.3) is 0 Å². The fourth-order valence-electron chi connectivity index (χ4n) is 1.69. The number of nitrogens with one attached hydrogen (secondary N) is 1. The number of benzene rings is 1. The third-order valence-corrected chi connectivity index (χ3v) is 3.44. The standard InChI is InChI=1S/C14H17Cl2N/c15-12-5-8-14(16)11(10-12)4-2-1-3-9-17-13-6-7-13/h1-2,5,8,10,13,17H,3-4,6-7,9H2. The smallest absolute Gasteiger partial charge is 0.0442 e. The van der Waals surface area contributed by atoms with E-state index in [1.165, 1.54) is 12.8 Å². The molecule has 0 aromatic heterocycles. The zero-order chi connectivity index (χ0) is 12.1. The molecular formula is C14H17Cl2N. The molecule has 0 amide bonds. The van der Waals surface area contributed by atoms with Crippen molar-refractivity contribution in [3.05, 3.63) is 46.0 Å². The maximum atomic E-state index is 6.08. The first-order valence-electron chi connectivity index (χ1n) is 6.08. The average Bonchev–Trinajstić information content (AvgIpc) is 3.11. The molecule has 0 heterocycles. The van der Waals surface area contributed by atoms with Gasteiger partial charge in [0.25, 0.3) is 0 Å². The molecule has 0 spiro atoms. The lowest BCUT2D eigenvalue weighted by atomic mass is 10.1. The lowest BCUT2D eigenvalue weighted by Crippen LogP contribution is -2.16. The summed E-state index contributed by atoms with van der Waals surface area (Å²) in [6.45, 7) is 1.07. The molecule has 17 heavy (non-hydrogen) atoms. The lowest BCUT2D eigenvalue weighted by molar-refractivity contribution is 0.690. The number of hydrogen-bond donors (Lipinski definition) is 1. The number of halogens is 2. The van der Waals surface area contributed by atoms with Gasteiger partial charge < -0.3 is 5.32 Å². The van der Waals surface area contributed by atoms with Gasteiger partial charge in [-0.25, -0.2) is 0 Å². The van der Waals surface area contributed by atoms with Crippen molar-refractivity contribution in [2.24, 2.45) is 0 Å². The molecule has 1 N–H and O–H groups in total. The Bertz CT molecular complexity index is 397. The maximum Gasteiger partial charge on any atom is 0.0442 e. The molecule has 0 aliphatic heterocycles. The molecule has 1 aliphatic carbocycles. The summed E-state index contributed by atoms with van der Waals surface area (Å²) in [5.41, 5.74) is 1.09. The molecule has 1 aromatic carbocycles. The van der Waals surface area contributed by atoms with E-state index in [2.05, 4.69) is 17.5 Å². The van der Waals surface area contributed by atoms with Gasteiger partial charge in [-0.1, -0.05) is 35.4 Å². The van der Waals surface area contributed by atoms with Gasteiger partial charge in [-0.05, 0) is 56.0 Å². The summed E-state index contributed by atoms with van der Waals surface area (Å²) in [6, 6.07) is 6.39. The SMILES string of the molecule is Clc1ccc(Cl)c(CC=CCCNC2CC2)c1. The maximum absolute atomic E-state index is 6.08. The van der Waals surface area contributed by atoms with E-state index in [1.807, 2.05) is 18.2 Å². The molecule has 1 aromatic rings. The summed E-state index contributed by atoms with van der Waals surface area (Å²) < 4.78 is 0. The molecule has 2 rings (SSSR count). The van der Waals surface area contributed by atoms with Crippen LogP contribution < -0.4 is 5.32 Å². The first kappa shape index (κ1) is 12.9. The van der Waals surface area contributed by atoms with Crippen LogP contribution in [0.15, 0.2) is 30.4 Å². The first-order valence-corrected chi connectivity index (χ1v) is 6.83. The average molecular weight is 270 g/mol. The highest BCUT2D eigenvalue weighted by atomic mass is 35.5. The summed E-state index contributed by atoms with van der Waals surface area (Å²) in [5.74, 6) is 0. The zero-order valence-corrected chi connectivity index (χ0v) is 11.3. The van der Waals surface area contributed by atoms with Gasteiger partial charge in [0, 0.05) is 16.1 Å². The van der Waals surface area contributed by atoms with Crippen LogP contribution in [0.4, 0.5) is 0 Å². The summed E-state index contributed by atoms with van der Waals surface area (Å²) in [5, 5.41) is 5.01. The normalized spacial score (nSPS) is 15.6. The quantitative estimate of drug-likeness (QED) is 0.602. The van der Waals surface area contributed by atoms with Crippen molar-refractivity contribution in [2.75, 3.05) is 6.54 Å². The fourth-order valence-corrected chi connectivity index (χ4v) is 2.08. The Hall–Kier alpha value is -0.500. The van der Waals surface area contributed by atoms with Crippen LogP contribution in [0, 0.1) is 0 Å². The van der Waals surface area contributed by atoms with Crippen LogP contribution in [0.2, 0.25) is 10.0 Å². The van der Waals surface area contributed by atoms with Crippen molar-refractivity contribution in [1.82, 2.24) is 5.32 Å².